The number of aliphatic hydroxyl groups excluding tert-OH is 1. The summed E-state index contributed by atoms with van der Waals surface area (Å²) in [4.78, 5) is 2.58. The first-order valence-corrected chi connectivity index (χ1v) is 5.97. The number of hydrogen-bond acceptors (Lipinski definition) is 2. The second-order valence-corrected chi connectivity index (χ2v) is 5.86. The Morgan fingerprint density at radius 2 is 1.86 bits per heavy atom. The predicted octanol–water partition coefficient (Wildman–Crippen LogP) is 1.88. The van der Waals surface area contributed by atoms with E-state index in [2.05, 4.69) is 18.7 Å². The summed E-state index contributed by atoms with van der Waals surface area (Å²) in [5.74, 6) is 0.555. The molecule has 0 aromatic carbocycles. The van der Waals surface area contributed by atoms with Crippen molar-refractivity contribution in [2.24, 2.45) is 11.3 Å². The van der Waals surface area contributed by atoms with Crippen LogP contribution in [0.25, 0.3) is 0 Å². The van der Waals surface area contributed by atoms with E-state index in [4.69, 9.17) is 0 Å². The van der Waals surface area contributed by atoms with Crippen LogP contribution in [-0.4, -0.2) is 35.7 Å². The van der Waals surface area contributed by atoms with Crippen LogP contribution in [0.3, 0.4) is 0 Å². The van der Waals surface area contributed by atoms with Gasteiger partial charge in [-0.3, -0.25) is 4.90 Å². The molecule has 1 N–H and O–H groups in total. The molecule has 0 aromatic heterocycles. The molecule has 0 spiro atoms. The van der Waals surface area contributed by atoms with E-state index in [1.165, 1.54) is 38.8 Å². The maximum absolute atomic E-state index is 9.33. The van der Waals surface area contributed by atoms with Gasteiger partial charge in [-0.2, -0.15) is 0 Å². The molecular weight excluding hydrogens is 174 g/mol. The fourth-order valence-corrected chi connectivity index (χ4v) is 3.17. The summed E-state index contributed by atoms with van der Waals surface area (Å²) in [7, 11) is 0. The molecule has 1 heterocycles. The minimum Gasteiger partial charge on any atom is -0.396 e. The van der Waals surface area contributed by atoms with Crippen molar-refractivity contribution < 1.29 is 5.11 Å². The highest BCUT2D eigenvalue weighted by Crippen LogP contribution is 2.37. The van der Waals surface area contributed by atoms with Crippen LogP contribution in [0.2, 0.25) is 0 Å². The summed E-state index contributed by atoms with van der Waals surface area (Å²) in [6, 6.07) is 0.682. The highest BCUT2D eigenvalue weighted by Gasteiger charge is 2.41. The van der Waals surface area contributed by atoms with E-state index in [0.717, 1.165) is 0 Å². The number of rotatable bonds is 2. The summed E-state index contributed by atoms with van der Waals surface area (Å²) >= 11 is 0. The number of likely N-dealkylation sites (tertiary alicyclic amines) is 1. The van der Waals surface area contributed by atoms with Crippen LogP contribution in [0.15, 0.2) is 0 Å². The molecular formula is C12H23NO. The Hall–Kier alpha value is -0.0800. The van der Waals surface area contributed by atoms with Gasteiger partial charge in [0.1, 0.15) is 0 Å². The average molecular weight is 197 g/mol. The second kappa shape index (κ2) is 3.82. The average Bonchev–Trinajstić information content (AvgIpc) is 2.14. The molecule has 0 radical (unpaired) electrons. The first-order chi connectivity index (χ1) is 6.62. The SMILES string of the molecule is CC1(C)CN(C2CCCCC2CO)C1. The molecule has 2 heteroatoms. The highest BCUT2D eigenvalue weighted by atomic mass is 16.3. The van der Waals surface area contributed by atoms with Crippen molar-refractivity contribution in [3.05, 3.63) is 0 Å². The molecule has 0 bridgehead atoms. The lowest BCUT2D eigenvalue weighted by Crippen LogP contribution is -2.59. The molecule has 1 aliphatic carbocycles. The van der Waals surface area contributed by atoms with Crippen LogP contribution in [0.1, 0.15) is 39.5 Å². The molecule has 2 fully saturated rings. The van der Waals surface area contributed by atoms with Gasteiger partial charge >= 0.3 is 0 Å². The van der Waals surface area contributed by atoms with Gasteiger partial charge in [0.05, 0.1) is 0 Å². The maximum atomic E-state index is 9.33. The summed E-state index contributed by atoms with van der Waals surface area (Å²) < 4.78 is 0. The minimum absolute atomic E-state index is 0.390. The Balaban J connectivity index is 1.89. The fraction of sp³-hybridized carbons (Fsp3) is 1.00. The molecule has 0 aromatic rings. The Bertz CT molecular complexity index is 194. The molecule has 2 atom stereocenters. The number of aliphatic hydroxyl groups is 1. The predicted molar refractivity (Wildman–Crippen MR) is 58.2 cm³/mol. The molecule has 2 rings (SSSR count). The lowest BCUT2D eigenvalue weighted by Gasteiger charge is -2.52. The molecule has 0 amide bonds. The molecule has 2 nitrogen and oxygen atoms in total. The largest absolute Gasteiger partial charge is 0.396 e. The maximum Gasteiger partial charge on any atom is 0.0474 e. The van der Waals surface area contributed by atoms with E-state index in [-0.39, 0.29) is 0 Å². The zero-order chi connectivity index (χ0) is 10.2. The third-order valence-electron chi connectivity index (χ3n) is 3.83. The Kier molecular flexibility index (Phi) is 2.85. The van der Waals surface area contributed by atoms with Crippen molar-refractivity contribution in [3.63, 3.8) is 0 Å². The molecule has 82 valence electrons. The normalized spacial score (nSPS) is 37.9. The quantitative estimate of drug-likeness (QED) is 0.730. The topological polar surface area (TPSA) is 23.5 Å². The van der Waals surface area contributed by atoms with Crippen molar-refractivity contribution in [1.29, 1.82) is 0 Å². The van der Waals surface area contributed by atoms with Gasteiger partial charge in [0, 0.05) is 25.7 Å². The van der Waals surface area contributed by atoms with Crippen LogP contribution in [0, 0.1) is 11.3 Å². The smallest absolute Gasteiger partial charge is 0.0474 e. The van der Waals surface area contributed by atoms with Crippen molar-refractivity contribution in [3.8, 4) is 0 Å². The van der Waals surface area contributed by atoms with E-state index in [0.29, 0.717) is 24.0 Å². The first-order valence-electron chi connectivity index (χ1n) is 5.97. The van der Waals surface area contributed by atoms with Gasteiger partial charge in [0.25, 0.3) is 0 Å². The van der Waals surface area contributed by atoms with Crippen LogP contribution < -0.4 is 0 Å². The number of nitrogens with zero attached hydrogens (tertiary/aromatic N) is 1. The van der Waals surface area contributed by atoms with Gasteiger partial charge in [0.2, 0.25) is 0 Å². The third kappa shape index (κ3) is 1.96. The van der Waals surface area contributed by atoms with E-state index < -0.39 is 0 Å². The van der Waals surface area contributed by atoms with Crippen molar-refractivity contribution >= 4 is 0 Å². The second-order valence-electron chi connectivity index (χ2n) is 5.86. The molecule has 2 unspecified atom stereocenters. The summed E-state index contributed by atoms with van der Waals surface area (Å²) in [5.41, 5.74) is 0.525. The van der Waals surface area contributed by atoms with E-state index in [1.54, 1.807) is 0 Å². The van der Waals surface area contributed by atoms with Gasteiger partial charge < -0.3 is 5.11 Å². The van der Waals surface area contributed by atoms with Gasteiger partial charge in [-0.1, -0.05) is 26.7 Å². The van der Waals surface area contributed by atoms with Gasteiger partial charge in [-0.05, 0) is 24.2 Å². The van der Waals surface area contributed by atoms with E-state index in [9.17, 15) is 5.11 Å². The Morgan fingerprint density at radius 3 is 2.43 bits per heavy atom. The van der Waals surface area contributed by atoms with Gasteiger partial charge in [-0.25, -0.2) is 0 Å². The van der Waals surface area contributed by atoms with Crippen molar-refractivity contribution in [2.75, 3.05) is 19.7 Å². The van der Waals surface area contributed by atoms with E-state index >= 15 is 0 Å². The molecule has 1 saturated heterocycles. The van der Waals surface area contributed by atoms with E-state index in [1.807, 2.05) is 0 Å². The Labute approximate surface area is 87.3 Å². The zero-order valence-corrected chi connectivity index (χ0v) is 9.50. The fourth-order valence-electron chi connectivity index (χ4n) is 3.17. The monoisotopic (exact) mass is 197 g/mol. The lowest BCUT2D eigenvalue weighted by molar-refractivity contribution is -0.0479. The Morgan fingerprint density at radius 1 is 1.21 bits per heavy atom. The minimum atomic E-state index is 0.390. The molecule has 2 aliphatic rings. The van der Waals surface area contributed by atoms with Crippen LogP contribution >= 0.6 is 0 Å². The van der Waals surface area contributed by atoms with Gasteiger partial charge in [-0.15, -0.1) is 0 Å². The summed E-state index contributed by atoms with van der Waals surface area (Å²) in [6.07, 6.45) is 5.22. The third-order valence-corrected chi connectivity index (χ3v) is 3.83. The van der Waals surface area contributed by atoms with Crippen LogP contribution in [0.4, 0.5) is 0 Å². The van der Waals surface area contributed by atoms with Gasteiger partial charge in [0.15, 0.2) is 0 Å². The molecule has 14 heavy (non-hydrogen) atoms. The van der Waals surface area contributed by atoms with Crippen LogP contribution in [-0.2, 0) is 0 Å². The first kappa shape index (κ1) is 10.4. The zero-order valence-electron chi connectivity index (χ0n) is 9.50. The van der Waals surface area contributed by atoms with Crippen LogP contribution in [0.5, 0.6) is 0 Å². The summed E-state index contributed by atoms with van der Waals surface area (Å²) in [6.45, 7) is 7.52. The van der Waals surface area contributed by atoms with Crippen molar-refractivity contribution in [1.82, 2.24) is 4.90 Å². The summed E-state index contributed by atoms with van der Waals surface area (Å²) in [5, 5.41) is 9.33. The number of hydrogen-bond donors (Lipinski definition) is 1. The lowest BCUT2D eigenvalue weighted by atomic mass is 9.77. The van der Waals surface area contributed by atoms with Crippen molar-refractivity contribution in [2.45, 2.75) is 45.6 Å². The molecule has 1 saturated carbocycles. The highest BCUT2D eigenvalue weighted by molar-refractivity contribution is 4.94. The standard InChI is InChI=1S/C12H23NO/c1-12(2)8-13(9-12)11-6-4-3-5-10(11)7-14/h10-11,14H,3-9H2,1-2H3. The molecule has 1 aliphatic heterocycles.